The normalized spacial score (nSPS) is 16.3. The molecule has 0 bridgehead atoms. The summed E-state index contributed by atoms with van der Waals surface area (Å²) in [6.45, 7) is 7.52. The SMILES string of the molecule is CCCCC1(CCCC)CN(c2ccccc2)c2cc(SC)c(OCCC(=O)OCC)cc2S(O)(O)N1Cc1ccc(OC)cc1. The first-order valence-corrected chi connectivity index (χ1v) is 19.0. The van der Waals surface area contributed by atoms with Gasteiger partial charge in [-0.3, -0.25) is 13.9 Å². The smallest absolute Gasteiger partial charge is 0.309 e. The van der Waals surface area contributed by atoms with Crippen LogP contribution in [0.15, 0.2) is 76.5 Å². The second-order valence-corrected chi connectivity index (χ2v) is 14.4. The number of thioether (sulfide) groups is 1. The predicted octanol–water partition coefficient (Wildman–Crippen LogP) is 9.55. The van der Waals surface area contributed by atoms with E-state index in [1.807, 2.05) is 59.1 Å². The fourth-order valence-corrected chi connectivity index (χ4v) is 8.70. The molecule has 46 heavy (non-hydrogen) atoms. The number of para-hydroxylation sites is 1. The molecule has 0 aliphatic carbocycles. The molecular weight excluding hydrogens is 621 g/mol. The van der Waals surface area contributed by atoms with E-state index in [1.54, 1.807) is 20.1 Å². The number of nitrogens with zero attached hydrogens (tertiary/aromatic N) is 2. The maximum absolute atomic E-state index is 12.7. The number of carbonyl (C=O) groups is 1. The number of unbranched alkanes of at least 4 members (excludes halogenated alkanes) is 2. The van der Waals surface area contributed by atoms with Crippen LogP contribution in [0.25, 0.3) is 0 Å². The third kappa shape index (κ3) is 8.33. The van der Waals surface area contributed by atoms with Crippen LogP contribution in [0.5, 0.6) is 11.5 Å². The van der Waals surface area contributed by atoms with Crippen LogP contribution in [0.2, 0.25) is 0 Å². The zero-order valence-electron chi connectivity index (χ0n) is 27.9. The van der Waals surface area contributed by atoms with Crippen molar-refractivity contribution in [2.75, 3.05) is 38.0 Å². The van der Waals surface area contributed by atoms with E-state index < -0.39 is 16.3 Å². The summed E-state index contributed by atoms with van der Waals surface area (Å²) in [6, 6.07) is 21.9. The average molecular weight is 671 g/mol. The molecule has 0 unspecified atom stereocenters. The number of hydrogen-bond donors (Lipinski definition) is 2. The Balaban J connectivity index is 1.93. The Morgan fingerprint density at radius 2 is 1.65 bits per heavy atom. The second-order valence-electron chi connectivity index (χ2n) is 11.6. The van der Waals surface area contributed by atoms with Crippen LogP contribution in [-0.4, -0.2) is 58.0 Å². The van der Waals surface area contributed by atoms with Crippen LogP contribution in [0.1, 0.15) is 71.3 Å². The van der Waals surface area contributed by atoms with Gasteiger partial charge in [0.25, 0.3) is 0 Å². The van der Waals surface area contributed by atoms with Crippen LogP contribution < -0.4 is 14.4 Å². The van der Waals surface area contributed by atoms with Crippen LogP contribution in [-0.2, 0) is 16.1 Å². The Hall–Kier alpha value is -2.89. The summed E-state index contributed by atoms with van der Waals surface area (Å²) in [7, 11) is -1.92. The predicted molar refractivity (Wildman–Crippen MR) is 190 cm³/mol. The van der Waals surface area contributed by atoms with Gasteiger partial charge in [-0.15, -0.1) is 22.5 Å². The second kappa shape index (κ2) is 16.8. The van der Waals surface area contributed by atoms with Crippen molar-refractivity contribution in [3.8, 4) is 11.5 Å². The number of methoxy groups -OCH3 is 1. The third-order valence-electron chi connectivity index (χ3n) is 8.53. The summed E-state index contributed by atoms with van der Waals surface area (Å²) >= 11 is 1.53. The topological polar surface area (TPSA) is 91.7 Å². The van der Waals surface area contributed by atoms with Gasteiger partial charge in [0.05, 0.1) is 42.9 Å². The molecule has 252 valence electrons. The molecule has 8 nitrogen and oxygen atoms in total. The highest BCUT2D eigenvalue weighted by Gasteiger charge is 2.49. The highest BCUT2D eigenvalue weighted by molar-refractivity contribution is 8.22. The van der Waals surface area contributed by atoms with Crippen molar-refractivity contribution in [1.82, 2.24) is 4.31 Å². The van der Waals surface area contributed by atoms with E-state index in [-0.39, 0.29) is 19.0 Å². The molecule has 3 aromatic carbocycles. The lowest BCUT2D eigenvalue weighted by Gasteiger charge is -2.52. The molecule has 0 spiro atoms. The first kappa shape index (κ1) is 36.0. The number of anilines is 2. The molecule has 0 radical (unpaired) electrons. The molecule has 1 heterocycles. The highest BCUT2D eigenvalue weighted by atomic mass is 32.3. The summed E-state index contributed by atoms with van der Waals surface area (Å²) in [5.74, 6) is 0.941. The minimum absolute atomic E-state index is 0.103. The minimum atomic E-state index is -3.56. The van der Waals surface area contributed by atoms with Gasteiger partial charge in [-0.05, 0) is 61.9 Å². The highest BCUT2D eigenvalue weighted by Crippen LogP contribution is 2.64. The zero-order valence-corrected chi connectivity index (χ0v) is 29.5. The van der Waals surface area contributed by atoms with Gasteiger partial charge in [-0.25, -0.2) is 0 Å². The quantitative estimate of drug-likeness (QED) is 0.114. The van der Waals surface area contributed by atoms with Crippen molar-refractivity contribution in [2.45, 2.75) is 87.6 Å². The van der Waals surface area contributed by atoms with Crippen molar-refractivity contribution < 1.29 is 28.1 Å². The fourth-order valence-electron chi connectivity index (χ4n) is 6.09. The Bertz CT molecular complexity index is 1400. The molecule has 2 N–H and O–H groups in total. The summed E-state index contributed by atoms with van der Waals surface area (Å²) in [5, 5.41) is 0. The molecule has 3 aromatic rings. The number of rotatable bonds is 16. The van der Waals surface area contributed by atoms with E-state index in [2.05, 4.69) is 30.9 Å². The minimum Gasteiger partial charge on any atom is -0.497 e. The zero-order chi connectivity index (χ0) is 33.2. The average Bonchev–Trinajstić information content (AvgIpc) is 3.14. The molecular formula is C36H50N2O6S2. The first-order valence-electron chi connectivity index (χ1n) is 16.2. The van der Waals surface area contributed by atoms with E-state index in [0.717, 1.165) is 66.1 Å². The molecule has 10 heteroatoms. The standard InChI is InChI=1S/C36H50N2O6S2/c1-6-9-21-36(22-10-7-2)27-37(29-14-12-11-13-15-29)31-24-33(45-5)32(44-23-20-35(39)43-8-3)25-34(31)46(40,41)38(36)26-28-16-18-30(42-4)19-17-28/h11-19,24-25,40-41H,6-10,20-23,26-27H2,1-5H3. The van der Waals surface area contributed by atoms with Crippen LogP contribution in [0.3, 0.4) is 0 Å². The molecule has 0 amide bonds. The van der Waals surface area contributed by atoms with Gasteiger partial charge in [0.2, 0.25) is 0 Å². The largest absolute Gasteiger partial charge is 0.497 e. The summed E-state index contributed by atoms with van der Waals surface area (Å²) in [5.41, 5.74) is 2.16. The maximum Gasteiger partial charge on any atom is 0.309 e. The van der Waals surface area contributed by atoms with Crippen molar-refractivity contribution in [2.24, 2.45) is 0 Å². The number of benzene rings is 3. The van der Waals surface area contributed by atoms with Gasteiger partial charge in [0, 0.05) is 24.8 Å². The fraction of sp³-hybridized carbons (Fsp3) is 0.472. The number of esters is 1. The lowest BCUT2D eigenvalue weighted by atomic mass is 9.85. The van der Waals surface area contributed by atoms with Gasteiger partial charge in [0.15, 0.2) is 0 Å². The van der Waals surface area contributed by atoms with E-state index in [1.165, 1.54) is 11.8 Å². The molecule has 0 atom stereocenters. The van der Waals surface area contributed by atoms with Crippen molar-refractivity contribution in [1.29, 1.82) is 0 Å². The van der Waals surface area contributed by atoms with Crippen molar-refractivity contribution in [3.63, 3.8) is 0 Å². The lowest BCUT2D eigenvalue weighted by molar-refractivity contribution is -0.143. The van der Waals surface area contributed by atoms with Gasteiger partial charge >= 0.3 is 5.97 Å². The van der Waals surface area contributed by atoms with Crippen molar-refractivity contribution >= 4 is 39.9 Å². The molecule has 0 fully saturated rings. The Morgan fingerprint density at radius 1 is 0.978 bits per heavy atom. The first-order chi connectivity index (χ1) is 22.2. The van der Waals surface area contributed by atoms with Gasteiger partial charge in [-0.2, -0.15) is 4.31 Å². The van der Waals surface area contributed by atoms with Crippen molar-refractivity contribution in [3.05, 3.63) is 72.3 Å². The molecule has 0 saturated carbocycles. The molecule has 1 aliphatic rings. The molecule has 4 rings (SSSR count). The molecule has 0 aromatic heterocycles. The number of fused-ring (bicyclic) bond motifs is 1. The monoisotopic (exact) mass is 670 g/mol. The van der Waals surface area contributed by atoms with Gasteiger partial charge < -0.3 is 19.1 Å². The van der Waals surface area contributed by atoms with E-state index in [4.69, 9.17) is 14.2 Å². The molecule has 1 aliphatic heterocycles. The third-order valence-corrected chi connectivity index (χ3v) is 11.3. The van der Waals surface area contributed by atoms with E-state index in [9.17, 15) is 13.9 Å². The lowest BCUT2D eigenvalue weighted by Crippen LogP contribution is -2.54. The van der Waals surface area contributed by atoms with Crippen LogP contribution in [0.4, 0.5) is 11.4 Å². The van der Waals surface area contributed by atoms with Crippen LogP contribution >= 0.6 is 22.5 Å². The summed E-state index contributed by atoms with van der Waals surface area (Å²) in [4.78, 5) is 15.6. The Labute approximate surface area is 280 Å². The molecule has 0 saturated heterocycles. The number of ether oxygens (including phenoxy) is 3. The number of hydrogen-bond acceptors (Lipinski definition) is 9. The summed E-state index contributed by atoms with van der Waals surface area (Å²) in [6.07, 6.45) is 7.60. The Kier molecular flexibility index (Phi) is 13.1. The van der Waals surface area contributed by atoms with E-state index in [0.29, 0.717) is 30.3 Å². The van der Waals surface area contributed by atoms with Gasteiger partial charge in [0.1, 0.15) is 16.4 Å². The number of carbonyl (C=O) groups excluding carboxylic acids is 1. The van der Waals surface area contributed by atoms with Gasteiger partial charge in [-0.1, -0.05) is 69.9 Å². The summed E-state index contributed by atoms with van der Waals surface area (Å²) < 4.78 is 44.0. The van der Waals surface area contributed by atoms with E-state index >= 15 is 0 Å². The maximum atomic E-state index is 12.7. The van der Waals surface area contributed by atoms with Crippen LogP contribution in [0, 0.1) is 0 Å². The Morgan fingerprint density at radius 3 is 2.24 bits per heavy atom.